The van der Waals surface area contributed by atoms with E-state index >= 15 is 0 Å². The minimum atomic E-state index is -0.0778. The van der Waals surface area contributed by atoms with Gasteiger partial charge in [0.25, 0.3) is 0 Å². The SMILES string of the molecule is Cc1ccc(CN(C)CC(=O)NCCC#N)o1. The number of amides is 1. The molecule has 0 bridgehead atoms. The number of carbonyl (C=O) groups excluding carboxylic acids is 1. The van der Waals surface area contributed by atoms with Crippen molar-refractivity contribution in [3.8, 4) is 6.07 Å². The highest BCUT2D eigenvalue weighted by atomic mass is 16.3. The summed E-state index contributed by atoms with van der Waals surface area (Å²) in [5.41, 5.74) is 0. The van der Waals surface area contributed by atoms with Crippen molar-refractivity contribution in [2.24, 2.45) is 0 Å². The van der Waals surface area contributed by atoms with Crippen LogP contribution < -0.4 is 5.32 Å². The third kappa shape index (κ3) is 5.18. The van der Waals surface area contributed by atoms with E-state index in [1.807, 2.05) is 37.1 Å². The quantitative estimate of drug-likeness (QED) is 0.748. The maximum atomic E-state index is 11.4. The number of aryl methyl sites for hydroxylation is 1. The Hall–Kier alpha value is -1.80. The summed E-state index contributed by atoms with van der Waals surface area (Å²) in [6.45, 7) is 3.19. The molecule has 1 aromatic heterocycles. The number of furan rings is 1. The molecule has 1 amide bonds. The molecule has 0 spiro atoms. The van der Waals surface area contributed by atoms with Crippen molar-refractivity contribution in [3.05, 3.63) is 23.7 Å². The molecule has 0 saturated carbocycles. The van der Waals surface area contributed by atoms with Gasteiger partial charge in [-0.3, -0.25) is 9.69 Å². The molecule has 0 saturated heterocycles. The summed E-state index contributed by atoms with van der Waals surface area (Å²) in [7, 11) is 1.85. The number of nitrogens with one attached hydrogen (secondary N) is 1. The first-order chi connectivity index (χ1) is 8.11. The van der Waals surface area contributed by atoms with Gasteiger partial charge in [-0.2, -0.15) is 5.26 Å². The van der Waals surface area contributed by atoms with E-state index in [1.54, 1.807) is 0 Å². The highest BCUT2D eigenvalue weighted by Crippen LogP contribution is 2.08. The molecule has 0 aromatic carbocycles. The van der Waals surface area contributed by atoms with Gasteiger partial charge in [0.15, 0.2) is 0 Å². The first-order valence-corrected chi connectivity index (χ1v) is 5.49. The van der Waals surface area contributed by atoms with Gasteiger partial charge in [-0.15, -0.1) is 0 Å². The molecule has 0 fully saturated rings. The van der Waals surface area contributed by atoms with Gasteiger partial charge in [0.05, 0.1) is 25.6 Å². The lowest BCUT2D eigenvalue weighted by Crippen LogP contribution is -2.35. The Labute approximate surface area is 101 Å². The molecule has 5 nitrogen and oxygen atoms in total. The first kappa shape index (κ1) is 13.3. The van der Waals surface area contributed by atoms with E-state index in [0.717, 1.165) is 11.5 Å². The normalized spacial score (nSPS) is 10.2. The Balaban J connectivity index is 2.27. The summed E-state index contributed by atoms with van der Waals surface area (Å²) < 4.78 is 5.42. The number of nitriles is 1. The lowest BCUT2D eigenvalue weighted by molar-refractivity contribution is -0.122. The zero-order chi connectivity index (χ0) is 12.7. The fraction of sp³-hybridized carbons (Fsp3) is 0.500. The molecule has 0 unspecified atom stereocenters. The molecule has 0 radical (unpaired) electrons. The Morgan fingerprint density at radius 2 is 2.35 bits per heavy atom. The molecular formula is C12H17N3O2. The van der Waals surface area contributed by atoms with Crippen molar-refractivity contribution in [3.63, 3.8) is 0 Å². The molecular weight excluding hydrogens is 218 g/mol. The Morgan fingerprint density at radius 3 is 2.94 bits per heavy atom. The Morgan fingerprint density at radius 1 is 1.59 bits per heavy atom. The van der Waals surface area contributed by atoms with Crippen molar-refractivity contribution in [1.82, 2.24) is 10.2 Å². The summed E-state index contributed by atoms with van der Waals surface area (Å²) in [5, 5.41) is 11.0. The predicted molar refractivity (Wildman–Crippen MR) is 63.0 cm³/mol. The van der Waals surface area contributed by atoms with Crippen molar-refractivity contribution < 1.29 is 9.21 Å². The standard InChI is InChI=1S/C12H17N3O2/c1-10-4-5-11(17-10)8-15(2)9-12(16)14-7-3-6-13/h4-5H,3,7-9H2,1-2H3,(H,14,16). The minimum absolute atomic E-state index is 0.0778. The van der Waals surface area contributed by atoms with E-state index in [-0.39, 0.29) is 5.91 Å². The van der Waals surface area contributed by atoms with Gasteiger partial charge >= 0.3 is 0 Å². The molecule has 5 heteroatoms. The maximum Gasteiger partial charge on any atom is 0.234 e. The molecule has 1 rings (SSSR count). The van der Waals surface area contributed by atoms with Crippen LogP contribution in [-0.4, -0.2) is 30.9 Å². The minimum Gasteiger partial charge on any atom is -0.465 e. The number of hydrogen-bond donors (Lipinski definition) is 1. The number of likely N-dealkylation sites (N-methyl/N-ethyl adjacent to an activating group) is 1. The molecule has 1 N–H and O–H groups in total. The molecule has 0 aliphatic rings. The fourth-order valence-electron chi connectivity index (χ4n) is 1.45. The van der Waals surface area contributed by atoms with Crippen LogP contribution in [0.3, 0.4) is 0 Å². The van der Waals surface area contributed by atoms with E-state index in [2.05, 4.69) is 5.32 Å². The lowest BCUT2D eigenvalue weighted by Gasteiger charge is -2.14. The van der Waals surface area contributed by atoms with Gasteiger partial charge in [-0.05, 0) is 26.1 Å². The zero-order valence-electron chi connectivity index (χ0n) is 10.2. The van der Waals surface area contributed by atoms with Crippen LogP contribution in [0.1, 0.15) is 17.9 Å². The van der Waals surface area contributed by atoms with Crippen molar-refractivity contribution in [2.45, 2.75) is 19.9 Å². The summed E-state index contributed by atoms with van der Waals surface area (Å²) in [6, 6.07) is 5.78. The van der Waals surface area contributed by atoms with E-state index in [4.69, 9.17) is 9.68 Å². The van der Waals surface area contributed by atoms with Gasteiger partial charge in [0, 0.05) is 6.54 Å². The van der Waals surface area contributed by atoms with Crippen LogP contribution in [0.15, 0.2) is 16.5 Å². The molecule has 0 aliphatic heterocycles. The van der Waals surface area contributed by atoms with Crippen molar-refractivity contribution in [2.75, 3.05) is 20.1 Å². The second-order valence-electron chi connectivity index (χ2n) is 3.94. The summed E-state index contributed by atoms with van der Waals surface area (Å²) in [5.74, 6) is 1.63. The van der Waals surface area contributed by atoms with E-state index in [1.165, 1.54) is 0 Å². The number of rotatable bonds is 6. The van der Waals surface area contributed by atoms with Gasteiger partial charge in [0.1, 0.15) is 11.5 Å². The van der Waals surface area contributed by atoms with Crippen LogP contribution in [-0.2, 0) is 11.3 Å². The number of carbonyl (C=O) groups is 1. The zero-order valence-corrected chi connectivity index (χ0v) is 10.2. The van der Waals surface area contributed by atoms with Crippen LogP contribution >= 0.6 is 0 Å². The largest absolute Gasteiger partial charge is 0.465 e. The monoisotopic (exact) mass is 235 g/mol. The molecule has 0 aliphatic carbocycles. The summed E-state index contributed by atoms with van der Waals surface area (Å²) in [6.07, 6.45) is 0.340. The van der Waals surface area contributed by atoms with Crippen molar-refractivity contribution in [1.29, 1.82) is 5.26 Å². The second kappa shape index (κ2) is 6.71. The van der Waals surface area contributed by atoms with E-state index in [9.17, 15) is 4.79 Å². The molecule has 0 atom stereocenters. The van der Waals surface area contributed by atoms with Crippen LogP contribution in [0.25, 0.3) is 0 Å². The second-order valence-corrected chi connectivity index (χ2v) is 3.94. The highest BCUT2D eigenvalue weighted by Gasteiger charge is 2.08. The summed E-state index contributed by atoms with van der Waals surface area (Å²) in [4.78, 5) is 13.3. The lowest BCUT2D eigenvalue weighted by atomic mass is 10.4. The molecule has 92 valence electrons. The summed E-state index contributed by atoms with van der Waals surface area (Å²) >= 11 is 0. The molecule has 1 heterocycles. The van der Waals surface area contributed by atoms with Gasteiger partial charge in [-0.25, -0.2) is 0 Å². The van der Waals surface area contributed by atoms with Crippen LogP contribution in [0, 0.1) is 18.3 Å². The highest BCUT2D eigenvalue weighted by molar-refractivity contribution is 5.77. The third-order valence-corrected chi connectivity index (χ3v) is 2.19. The average molecular weight is 235 g/mol. The van der Waals surface area contributed by atoms with Crippen molar-refractivity contribution >= 4 is 5.91 Å². The fourth-order valence-corrected chi connectivity index (χ4v) is 1.45. The van der Waals surface area contributed by atoms with Gasteiger partial charge in [-0.1, -0.05) is 0 Å². The van der Waals surface area contributed by atoms with Crippen LogP contribution in [0.4, 0.5) is 0 Å². The first-order valence-electron chi connectivity index (χ1n) is 5.49. The molecule has 1 aromatic rings. The average Bonchev–Trinajstić information content (AvgIpc) is 2.64. The van der Waals surface area contributed by atoms with Gasteiger partial charge < -0.3 is 9.73 Å². The maximum absolute atomic E-state index is 11.4. The van der Waals surface area contributed by atoms with E-state index in [0.29, 0.717) is 26.1 Å². The number of nitrogens with zero attached hydrogens (tertiary/aromatic N) is 2. The predicted octanol–water partition coefficient (Wildman–Crippen LogP) is 1.05. The number of hydrogen-bond acceptors (Lipinski definition) is 4. The molecule has 17 heavy (non-hydrogen) atoms. The van der Waals surface area contributed by atoms with Crippen LogP contribution in [0.5, 0.6) is 0 Å². The Bertz CT molecular complexity index is 406. The topological polar surface area (TPSA) is 69.3 Å². The third-order valence-electron chi connectivity index (χ3n) is 2.19. The van der Waals surface area contributed by atoms with Gasteiger partial charge in [0.2, 0.25) is 5.91 Å². The van der Waals surface area contributed by atoms with E-state index < -0.39 is 0 Å². The Kier molecular flexibility index (Phi) is 5.24. The van der Waals surface area contributed by atoms with Crippen LogP contribution in [0.2, 0.25) is 0 Å². The smallest absolute Gasteiger partial charge is 0.234 e.